The van der Waals surface area contributed by atoms with E-state index >= 15 is 0 Å². The first-order chi connectivity index (χ1) is 9.24. The largest absolute Gasteiger partial charge is 0.399 e. The van der Waals surface area contributed by atoms with Gasteiger partial charge in [0.15, 0.2) is 0 Å². The predicted molar refractivity (Wildman–Crippen MR) is 74.8 cm³/mol. The van der Waals surface area contributed by atoms with E-state index in [-0.39, 0.29) is 5.56 Å². The van der Waals surface area contributed by atoms with Crippen molar-refractivity contribution in [3.63, 3.8) is 0 Å². The molecule has 2 heterocycles. The molecule has 5 heteroatoms. The smallest absolute Gasteiger partial charge is 0.250 e. The molecule has 0 aliphatic heterocycles. The van der Waals surface area contributed by atoms with Crippen molar-refractivity contribution in [1.82, 2.24) is 14.3 Å². The van der Waals surface area contributed by atoms with E-state index in [4.69, 9.17) is 5.73 Å². The van der Waals surface area contributed by atoms with Gasteiger partial charge < -0.3 is 10.3 Å². The molecule has 1 aromatic carbocycles. The van der Waals surface area contributed by atoms with Crippen LogP contribution >= 0.6 is 0 Å². The molecule has 0 unspecified atom stereocenters. The summed E-state index contributed by atoms with van der Waals surface area (Å²) in [4.78, 5) is 11.6. The second-order valence-corrected chi connectivity index (χ2v) is 4.42. The van der Waals surface area contributed by atoms with Crippen LogP contribution in [0.25, 0.3) is 10.9 Å². The van der Waals surface area contributed by atoms with Crippen LogP contribution in [-0.2, 0) is 13.1 Å². The molecule has 3 aromatic rings. The zero-order valence-electron chi connectivity index (χ0n) is 10.4. The Labute approximate surface area is 109 Å². The van der Waals surface area contributed by atoms with Gasteiger partial charge in [0.05, 0.1) is 18.3 Å². The van der Waals surface area contributed by atoms with Crippen LogP contribution < -0.4 is 11.3 Å². The Kier molecular flexibility index (Phi) is 2.79. The Hall–Kier alpha value is -2.56. The third-order valence-corrected chi connectivity index (χ3v) is 3.12. The van der Waals surface area contributed by atoms with Crippen LogP contribution in [0, 0.1) is 0 Å². The maximum Gasteiger partial charge on any atom is 0.250 e. The molecule has 0 saturated carbocycles. The lowest BCUT2D eigenvalue weighted by Crippen LogP contribution is -2.20. The number of fused-ring (bicyclic) bond motifs is 1. The van der Waals surface area contributed by atoms with Crippen molar-refractivity contribution in [2.24, 2.45) is 0 Å². The summed E-state index contributed by atoms with van der Waals surface area (Å²) in [5.41, 5.74) is 7.49. The minimum atomic E-state index is -0.00141. The molecule has 5 nitrogen and oxygen atoms in total. The molecule has 3 rings (SSSR count). The van der Waals surface area contributed by atoms with Gasteiger partial charge in [-0.1, -0.05) is 6.07 Å². The quantitative estimate of drug-likeness (QED) is 0.720. The van der Waals surface area contributed by atoms with Crippen LogP contribution in [0.15, 0.2) is 53.6 Å². The van der Waals surface area contributed by atoms with Gasteiger partial charge in [0, 0.05) is 29.9 Å². The van der Waals surface area contributed by atoms with Crippen LogP contribution in [0.2, 0.25) is 0 Å². The second-order valence-electron chi connectivity index (χ2n) is 4.42. The fraction of sp³-hybridized carbons (Fsp3) is 0.143. The highest BCUT2D eigenvalue weighted by Gasteiger charge is 2.03. The van der Waals surface area contributed by atoms with E-state index in [2.05, 4.69) is 5.10 Å². The summed E-state index contributed by atoms with van der Waals surface area (Å²) in [7, 11) is 0. The van der Waals surface area contributed by atoms with E-state index in [1.54, 1.807) is 22.9 Å². The van der Waals surface area contributed by atoms with Crippen LogP contribution in [-0.4, -0.2) is 14.3 Å². The lowest BCUT2D eigenvalue weighted by Gasteiger charge is -2.06. The molecule has 0 fully saturated rings. The van der Waals surface area contributed by atoms with Gasteiger partial charge in [-0.3, -0.25) is 9.48 Å². The summed E-state index contributed by atoms with van der Waals surface area (Å²) in [6.07, 6.45) is 3.59. The molecule has 19 heavy (non-hydrogen) atoms. The van der Waals surface area contributed by atoms with Crippen molar-refractivity contribution >= 4 is 16.6 Å². The van der Waals surface area contributed by atoms with Gasteiger partial charge in [-0.15, -0.1) is 0 Å². The fourth-order valence-electron chi connectivity index (χ4n) is 2.11. The molecule has 96 valence electrons. The topological polar surface area (TPSA) is 65.8 Å². The highest BCUT2D eigenvalue weighted by molar-refractivity contribution is 5.81. The van der Waals surface area contributed by atoms with E-state index < -0.39 is 0 Å². The van der Waals surface area contributed by atoms with Gasteiger partial charge in [0.1, 0.15) is 0 Å². The fourth-order valence-corrected chi connectivity index (χ4v) is 2.11. The number of hydrogen-bond donors (Lipinski definition) is 1. The zero-order chi connectivity index (χ0) is 13.2. The molecule has 0 bridgehead atoms. The van der Waals surface area contributed by atoms with E-state index in [9.17, 15) is 4.79 Å². The number of pyridine rings is 1. The third kappa shape index (κ3) is 2.22. The standard InChI is InChI=1S/C14H14N4O/c15-12-5-4-11-10-16-18(13(11)9-12)8-7-17-6-2-1-3-14(17)19/h1-6,9-10H,7-8,15H2. The van der Waals surface area contributed by atoms with Gasteiger partial charge >= 0.3 is 0 Å². The van der Waals surface area contributed by atoms with Gasteiger partial charge in [0.2, 0.25) is 0 Å². The normalized spacial score (nSPS) is 10.9. The summed E-state index contributed by atoms with van der Waals surface area (Å²) in [6, 6.07) is 10.8. The van der Waals surface area contributed by atoms with Gasteiger partial charge in [0.25, 0.3) is 5.56 Å². The van der Waals surface area contributed by atoms with E-state index in [1.807, 2.05) is 35.1 Å². The zero-order valence-corrected chi connectivity index (χ0v) is 10.4. The van der Waals surface area contributed by atoms with Crippen LogP contribution in [0.3, 0.4) is 0 Å². The maximum absolute atomic E-state index is 11.6. The first-order valence-corrected chi connectivity index (χ1v) is 6.10. The SMILES string of the molecule is Nc1ccc2cnn(CCn3ccccc3=O)c2c1. The molecular formula is C14H14N4O. The number of rotatable bonds is 3. The molecule has 0 atom stereocenters. The number of nitrogens with two attached hydrogens (primary N) is 1. The molecule has 0 amide bonds. The minimum absolute atomic E-state index is 0.00141. The number of benzene rings is 1. The molecule has 2 aromatic heterocycles. The number of aryl methyl sites for hydroxylation is 2. The van der Waals surface area contributed by atoms with Crippen molar-refractivity contribution in [1.29, 1.82) is 0 Å². The molecule has 0 spiro atoms. The lowest BCUT2D eigenvalue weighted by atomic mass is 10.2. The number of aromatic nitrogens is 3. The van der Waals surface area contributed by atoms with E-state index in [0.717, 1.165) is 10.9 Å². The van der Waals surface area contributed by atoms with Gasteiger partial charge in [-0.2, -0.15) is 5.10 Å². The van der Waals surface area contributed by atoms with Crippen LogP contribution in [0.1, 0.15) is 0 Å². The van der Waals surface area contributed by atoms with Crippen molar-refractivity contribution in [2.75, 3.05) is 5.73 Å². The Morgan fingerprint density at radius 1 is 1.16 bits per heavy atom. The Morgan fingerprint density at radius 3 is 2.89 bits per heavy atom. The number of nitrogen functional groups attached to an aromatic ring is 1. The molecular weight excluding hydrogens is 240 g/mol. The molecule has 0 aliphatic carbocycles. The van der Waals surface area contributed by atoms with Crippen molar-refractivity contribution < 1.29 is 0 Å². The van der Waals surface area contributed by atoms with E-state index in [0.29, 0.717) is 18.8 Å². The Balaban J connectivity index is 1.88. The first kappa shape index (κ1) is 11.5. The lowest BCUT2D eigenvalue weighted by molar-refractivity contribution is 0.536. The monoisotopic (exact) mass is 254 g/mol. The molecule has 0 radical (unpaired) electrons. The summed E-state index contributed by atoms with van der Waals surface area (Å²) >= 11 is 0. The minimum Gasteiger partial charge on any atom is -0.399 e. The predicted octanol–water partition coefficient (Wildman–Crippen LogP) is 1.48. The Morgan fingerprint density at radius 2 is 2.05 bits per heavy atom. The molecule has 2 N–H and O–H groups in total. The van der Waals surface area contributed by atoms with Gasteiger partial charge in [-0.25, -0.2) is 0 Å². The molecule has 0 aliphatic rings. The maximum atomic E-state index is 11.6. The van der Waals surface area contributed by atoms with Crippen molar-refractivity contribution in [3.8, 4) is 0 Å². The summed E-state index contributed by atoms with van der Waals surface area (Å²) in [6.45, 7) is 1.22. The number of hydrogen-bond acceptors (Lipinski definition) is 3. The summed E-state index contributed by atoms with van der Waals surface area (Å²) in [5.74, 6) is 0. The average Bonchev–Trinajstić information content (AvgIpc) is 2.80. The van der Waals surface area contributed by atoms with E-state index in [1.165, 1.54) is 0 Å². The first-order valence-electron chi connectivity index (χ1n) is 6.10. The van der Waals surface area contributed by atoms with Crippen LogP contribution in [0.4, 0.5) is 5.69 Å². The summed E-state index contributed by atoms with van der Waals surface area (Å²) < 4.78 is 3.53. The highest BCUT2D eigenvalue weighted by atomic mass is 16.1. The highest BCUT2D eigenvalue weighted by Crippen LogP contribution is 2.16. The number of nitrogens with zero attached hydrogens (tertiary/aromatic N) is 3. The Bertz CT molecular complexity index is 772. The van der Waals surface area contributed by atoms with Crippen LogP contribution in [0.5, 0.6) is 0 Å². The number of anilines is 1. The van der Waals surface area contributed by atoms with Gasteiger partial charge in [-0.05, 0) is 24.3 Å². The average molecular weight is 254 g/mol. The van der Waals surface area contributed by atoms with Crippen molar-refractivity contribution in [3.05, 3.63) is 59.1 Å². The second kappa shape index (κ2) is 4.61. The van der Waals surface area contributed by atoms with Crippen molar-refractivity contribution in [2.45, 2.75) is 13.1 Å². The summed E-state index contributed by atoms with van der Waals surface area (Å²) in [5, 5.41) is 5.38. The molecule has 0 saturated heterocycles. The third-order valence-electron chi connectivity index (χ3n) is 3.12.